The molecule has 1 aliphatic rings. The second-order valence-electron chi connectivity index (χ2n) is 6.37. The van der Waals surface area contributed by atoms with Gasteiger partial charge in [0, 0.05) is 24.6 Å². The lowest BCUT2D eigenvalue weighted by atomic mass is 9.90. The van der Waals surface area contributed by atoms with Crippen LogP contribution < -0.4 is 9.64 Å². The van der Waals surface area contributed by atoms with Gasteiger partial charge in [0.25, 0.3) is 0 Å². The van der Waals surface area contributed by atoms with Crippen LogP contribution in [-0.4, -0.2) is 44.0 Å². The summed E-state index contributed by atoms with van der Waals surface area (Å²) >= 11 is 0. The minimum Gasteiger partial charge on any atom is -0.480 e. The van der Waals surface area contributed by atoms with Crippen molar-refractivity contribution in [3.05, 3.63) is 53.3 Å². The van der Waals surface area contributed by atoms with Gasteiger partial charge in [0.1, 0.15) is 17.2 Å². The first-order valence-electron chi connectivity index (χ1n) is 8.71. The topological polar surface area (TPSA) is 68.7 Å². The van der Waals surface area contributed by atoms with E-state index in [9.17, 15) is 14.0 Å². The first-order chi connectivity index (χ1) is 13.0. The van der Waals surface area contributed by atoms with Crippen molar-refractivity contribution in [2.75, 3.05) is 32.2 Å². The molecule has 1 fully saturated rings. The number of Topliss-reactive ketones (excluding diaryl/α,β-unsaturated/α-hetero) is 1. The molecule has 1 saturated heterocycles. The van der Waals surface area contributed by atoms with Crippen LogP contribution in [0.4, 0.5) is 10.2 Å². The van der Waals surface area contributed by atoms with Crippen molar-refractivity contribution in [1.82, 2.24) is 4.98 Å². The minimum absolute atomic E-state index is 0.00199. The Kier molecular flexibility index (Phi) is 5.69. The summed E-state index contributed by atoms with van der Waals surface area (Å²) in [4.78, 5) is 30.9. The molecular formula is C20H21FN2O4. The highest BCUT2D eigenvalue weighted by Gasteiger charge is 2.28. The molecule has 0 amide bonds. The monoisotopic (exact) mass is 372 g/mol. The number of aromatic nitrogens is 1. The van der Waals surface area contributed by atoms with Crippen molar-refractivity contribution in [1.29, 1.82) is 0 Å². The summed E-state index contributed by atoms with van der Waals surface area (Å²) in [5.74, 6) is -0.259. The summed E-state index contributed by atoms with van der Waals surface area (Å²) < 4.78 is 23.0. The third-order valence-corrected chi connectivity index (χ3v) is 4.69. The molecule has 142 valence electrons. The van der Waals surface area contributed by atoms with Crippen LogP contribution >= 0.6 is 0 Å². The second kappa shape index (κ2) is 8.16. The molecule has 1 unspecified atom stereocenters. The molecule has 0 saturated carbocycles. The number of ketones is 1. The summed E-state index contributed by atoms with van der Waals surface area (Å²) in [6.07, 6.45) is 1.60. The van der Waals surface area contributed by atoms with Gasteiger partial charge in [-0.2, -0.15) is 4.98 Å². The van der Waals surface area contributed by atoms with E-state index in [-0.39, 0.29) is 29.0 Å². The Morgan fingerprint density at radius 1 is 1.15 bits per heavy atom. The van der Waals surface area contributed by atoms with Crippen LogP contribution in [0.15, 0.2) is 36.4 Å². The Labute approximate surface area is 156 Å². The maximum atomic E-state index is 13.1. The molecule has 0 N–H and O–H groups in total. The number of piperidine rings is 1. The van der Waals surface area contributed by atoms with Crippen molar-refractivity contribution in [3.63, 3.8) is 0 Å². The Balaban J connectivity index is 1.78. The number of pyridine rings is 1. The van der Waals surface area contributed by atoms with Crippen molar-refractivity contribution >= 4 is 17.6 Å². The summed E-state index contributed by atoms with van der Waals surface area (Å²) in [7, 11) is 2.74. The van der Waals surface area contributed by atoms with E-state index in [4.69, 9.17) is 9.47 Å². The number of benzene rings is 1. The van der Waals surface area contributed by atoms with Gasteiger partial charge in [0.15, 0.2) is 5.78 Å². The summed E-state index contributed by atoms with van der Waals surface area (Å²) in [5.41, 5.74) is 0.759. The zero-order chi connectivity index (χ0) is 19.4. The van der Waals surface area contributed by atoms with Crippen molar-refractivity contribution in [2.45, 2.75) is 12.8 Å². The number of carbonyl (C=O) groups is 2. The molecule has 1 aromatic heterocycles. The fraction of sp³-hybridized carbons (Fsp3) is 0.350. The predicted octanol–water partition coefficient (Wildman–Crippen LogP) is 3.12. The van der Waals surface area contributed by atoms with Crippen LogP contribution in [0.1, 0.15) is 33.6 Å². The number of rotatable bonds is 5. The van der Waals surface area contributed by atoms with Gasteiger partial charge in [-0.15, -0.1) is 0 Å². The normalized spacial score (nSPS) is 16.7. The quantitative estimate of drug-likeness (QED) is 0.593. The maximum absolute atomic E-state index is 13.1. The predicted molar refractivity (Wildman–Crippen MR) is 97.8 cm³/mol. The first kappa shape index (κ1) is 18.8. The van der Waals surface area contributed by atoms with Gasteiger partial charge in [-0.1, -0.05) is 0 Å². The third kappa shape index (κ3) is 4.07. The van der Waals surface area contributed by atoms with Gasteiger partial charge >= 0.3 is 5.97 Å². The van der Waals surface area contributed by atoms with Crippen LogP contribution in [0.5, 0.6) is 5.88 Å². The Hall–Kier alpha value is -2.96. The number of hydrogen-bond donors (Lipinski definition) is 0. The highest BCUT2D eigenvalue weighted by atomic mass is 19.1. The number of ether oxygens (including phenoxy) is 2. The van der Waals surface area contributed by atoms with E-state index in [2.05, 4.69) is 4.98 Å². The molecule has 0 bridgehead atoms. The summed E-state index contributed by atoms with van der Waals surface area (Å²) in [6.45, 7) is 1.25. The average Bonchev–Trinajstić information content (AvgIpc) is 2.72. The number of methoxy groups -OCH3 is 2. The molecule has 0 aliphatic carbocycles. The van der Waals surface area contributed by atoms with Gasteiger partial charge in [0.05, 0.1) is 14.2 Å². The number of anilines is 1. The summed E-state index contributed by atoms with van der Waals surface area (Å²) in [6, 6.07) is 8.96. The molecule has 0 radical (unpaired) electrons. The molecule has 27 heavy (non-hydrogen) atoms. The minimum atomic E-state index is -0.520. The summed E-state index contributed by atoms with van der Waals surface area (Å²) in [5, 5.41) is 0. The first-order valence-corrected chi connectivity index (χ1v) is 8.71. The Bertz CT molecular complexity index is 838. The SMILES string of the molecule is COC(=O)c1ccc(N2CCCC(C(=O)c3ccc(F)cc3)C2)nc1OC. The second-order valence-corrected chi connectivity index (χ2v) is 6.37. The van der Waals surface area contributed by atoms with Crippen LogP contribution in [-0.2, 0) is 4.74 Å². The molecular weight excluding hydrogens is 351 g/mol. The fourth-order valence-electron chi connectivity index (χ4n) is 3.28. The molecule has 7 heteroatoms. The number of halogens is 1. The number of nitrogens with zero attached hydrogens (tertiary/aromatic N) is 2. The highest BCUT2D eigenvalue weighted by Crippen LogP contribution is 2.27. The van der Waals surface area contributed by atoms with Crippen molar-refractivity contribution < 1.29 is 23.5 Å². The van der Waals surface area contributed by atoms with Crippen molar-refractivity contribution in [2.24, 2.45) is 5.92 Å². The lowest BCUT2D eigenvalue weighted by molar-refractivity contribution is 0.0596. The maximum Gasteiger partial charge on any atom is 0.343 e. The lowest BCUT2D eigenvalue weighted by Gasteiger charge is -2.33. The molecule has 6 nitrogen and oxygen atoms in total. The smallest absolute Gasteiger partial charge is 0.343 e. The lowest BCUT2D eigenvalue weighted by Crippen LogP contribution is -2.39. The van der Waals surface area contributed by atoms with E-state index in [1.54, 1.807) is 12.1 Å². The average molecular weight is 372 g/mol. The highest BCUT2D eigenvalue weighted by molar-refractivity contribution is 5.98. The third-order valence-electron chi connectivity index (χ3n) is 4.69. The molecule has 1 atom stereocenters. The standard InChI is InChI=1S/C20H21FN2O4/c1-26-19-16(20(25)27-2)9-10-17(22-19)23-11-3-4-14(12-23)18(24)13-5-7-15(21)8-6-13/h5-10,14H,3-4,11-12H2,1-2H3. The Morgan fingerprint density at radius 2 is 1.89 bits per heavy atom. The van der Waals surface area contributed by atoms with E-state index in [1.807, 2.05) is 4.90 Å². The van der Waals surface area contributed by atoms with Gasteiger partial charge < -0.3 is 14.4 Å². The van der Waals surface area contributed by atoms with E-state index in [0.717, 1.165) is 19.4 Å². The van der Waals surface area contributed by atoms with Crippen LogP contribution in [0.3, 0.4) is 0 Å². The zero-order valence-corrected chi connectivity index (χ0v) is 15.3. The van der Waals surface area contributed by atoms with E-state index >= 15 is 0 Å². The van der Waals surface area contributed by atoms with Crippen LogP contribution in [0.2, 0.25) is 0 Å². The van der Waals surface area contributed by atoms with Gasteiger partial charge in [0.2, 0.25) is 5.88 Å². The van der Waals surface area contributed by atoms with Crippen LogP contribution in [0, 0.1) is 11.7 Å². The van der Waals surface area contributed by atoms with E-state index in [1.165, 1.54) is 38.5 Å². The number of carbonyl (C=O) groups excluding carboxylic acids is 2. The Morgan fingerprint density at radius 3 is 2.56 bits per heavy atom. The molecule has 3 rings (SSSR count). The van der Waals surface area contributed by atoms with Crippen molar-refractivity contribution in [3.8, 4) is 5.88 Å². The largest absolute Gasteiger partial charge is 0.480 e. The molecule has 1 aromatic carbocycles. The fourth-order valence-corrected chi connectivity index (χ4v) is 3.28. The van der Waals surface area contributed by atoms with Gasteiger partial charge in [-0.3, -0.25) is 4.79 Å². The zero-order valence-electron chi connectivity index (χ0n) is 15.3. The number of hydrogen-bond acceptors (Lipinski definition) is 6. The van der Waals surface area contributed by atoms with Gasteiger partial charge in [-0.05, 0) is 49.2 Å². The number of esters is 1. The van der Waals surface area contributed by atoms with E-state index < -0.39 is 5.97 Å². The molecule has 0 spiro atoms. The molecule has 1 aliphatic heterocycles. The molecule has 2 heterocycles. The molecule has 2 aromatic rings. The van der Waals surface area contributed by atoms with Crippen LogP contribution in [0.25, 0.3) is 0 Å². The van der Waals surface area contributed by atoms with Gasteiger partial charge in [-0.25, -0.2) is 9.18 Å². The van der Waals surface area contributed by atoms with E-state index in [0.29, 0.717) is 17.9 Å².